The molecule has 2 heterocycles. The molecule has 3 rings (SSSR count). The van der Waals surface area contributed by atoms with E-state index in [0.29, 0.717) is 29.0 Å². The molecule has 144 valence electrons. The normalized spacial score (nSPS) is 22.8. The second-order valence-corrected chi connectivity index (χ2v) is 7.70. The largest absolute Gasteiger partial charge is 0.490 e. The van der Waals surface area contributed by atoms with Gasteiger partial charge in [-0.25, -0.2) is 0 Å². The zero-order valence-corrected chi connectivity index (χ0v) is 17.0. The number of hydrogen-bond acceptors (Lipinski definition) is 5. The molecular formula is C20H30ClN3O2. The summed E-state index contributed by atoms with van der Waals surface area (Å²) in [6, 6.07) is 4.19. The van der Waals surface area contributed by atoms with Crippen LogP contribution < -0.4 is 14.9 Å². The number of fused-ring (bicyclic) bond motifs is 1. The zero-order chi connectivity index (χ0) is 18.7. The van der Waals surface area contributed by atoms with Gasteiger partial charge in [0.05, 0.1) is 23.8 Å². The topological polar surface area (TPSA) is 46.1 Å². The number of likely N-dealkylation sites (tertiary alicyclic amines) is 1. The van der Waals surface area contributed by atoms with Gasteiger partial charge in [-0.2, -0.15) is 5.10 Å². The smallest absolute Gasteiger partial charge is 0.180 e. The predicted octanol–water partition coefficient (Wildman–Crippen LogP) is 4.26. The van der Waals surface area contributed by atoms with Gasteiger partial charge in [-0.3, -0.25) is 0 Å². The van der Waals surface area contributed by atoms with E-state index in [0.717, 1.165) is 31.6 Å². The predicted molar refractivity (Wildman–Crippen MR) is 107 cm³/mol. The van der Waals surface area contributed by atoms with Crippen LogP contribution in [0.25, 0.3) is 0 Å². The van der Waals surface area contributed by atoms with Gasteiger partial charge >= 0.3 is 0 Å². The first-order valence-corrected chi connectivity index (χ1v) is 10.1. The lowest BCUT2D eigenvalue weighted by Crippen LogP contribution is -2.42. The van der Waals surface area contributed by atoms with Crippen molar-refractivity contribution in [2.75, 3.05) is 26.2 Å². The van der Waals surface area contributed by atoms with Crippen molar-refractivity contribution in [3.63, 3.8) is 0 Å². The summed E-state index contributed by atoms with van der Waals surface area (Å²) in [7, 11) is 0. The van der Waals surface area contributed by atoms with Crippen LogP contribution in [0, 0.1) is 5.92 Å². The molecular weight excluding hydrogens is 350 g/mol. The minimum atomic E-state index is 0.0399. The Bertz CT molecular complexity index is 663. The number of hydrogen-bond donors (Lipinski definition) is 1. The molecule has 5 nitrogen and oxygen atoms in total. The van der Waals surface area contributed by atoms with Crippen LogP contribution in [-0.4, -0.2) is 43.0 Å². The van der Waals surface area contributed by atoms with Gasteiger partial charge in [0, 0.05) is 31.1 Å². The molecule has 6 heteroatoms. The molecule has 26 heavy (non-hydrogen) atoms. The van der Waals surface area contributed by atoms with E-state index < -0.39 is 0 Å². The highest BCUT2D eigenvalue weighted by Gasteiger charge is 2.37. The molecule has 0 aromatic heterocycles. The lowest BCUT2D eigenvalue weighted by molar-refractivity contribution is 0.221. The molecule has 2 unspecified atom stereocenters. The number of hydrazone groups is 1. The molecule has 0 bridgehead atoms. The highest BCUT2D eigenvalue weighted by atomic mass is 35.5. The molecule has 1 saturated heterocycles. The molecule has 0 spiro atoms. The fourth-order valence-electron chi connectivity index (χ4n) is 3.82. The van der Waals surface area contributed by atoms with E-state index in [1.807, 2.05) is 26.8 Å². The highest BCUT2D eigenvalue weighted by Crippen LogP contribution is 2.41. The number of ether oxygens (including phenoxy) is 2. The van der Waals surface area contributed by atoms with E-state index in [4.69, 9.17) is 21.1 Å². The van der Waals surface area contributed by atoms with Crippen LogP contribution in [0.5, 0.6) is 11.5 Å². The van der Waals surface area contributed by atoms with Crippen molar-refractivity contribution >= 4 is 17.3 Å². The van der Waals surface area contributed by atoms with Crippen LogP contribution in [0.15, 0.2) is 17.2 Å². The molecule has 0 aliphatic carbocycles. The van der Waals surface area contributed by atoms with E-state index in [1.165, 1.54) is 12.1 Å². The lowest BCUT2D eigenvalue weighted by atomic mass is 9.86. The summed E-state index contributed by atoms with van der Waals surface area (Å²) in [5, 5.41) is 5.20. The molecule has 0 saturated carbocycles. The maximum absolute atomic E-state index is 6.57. The van der Waals surface area contributed by atoms with Crippen LogP contribution in [-0.2, 0) is 0 Å². The van der Waals surface area contributed by atoms with Gasteiger partial charge in [-0.15, -0.1) is 0 Å². The van der Waals surface area contributed by atoms with Crippen LogP contribution in [0.3, 0.4) is 0 Å². The quantitative estimate of drug-likeness (QED) is 0.768. The maximum atomic E-state index is 6.57. The summed E-state index contributed by atoms with van der Waals surface area (Å²) in [6.07, 6.45) is 2.26. The Labute approximate surface area is 161 Å². The third-order valence-electron chi connectivity index (χ3n) is 4.90. The SMILES string of the molecule is CCCN1CCC2=NNC(c3cc(Cl)c(OC(C)C)c(OCC)c3)C2C1. The van der Waals surface area contributed by atoms with Crippen LogP contribution in [0.4, 0.5) is 0 Å². The summed E-state index contributed by atoms with van der Waals surface area (Å²) < 4.78 is 11.7. The number of benzene rings is 1. The van der Waals surface area contributed by atoms with E-state index in [1.54, 1.807) is 0 Å². The molecule has 0 amide bonds. The van der Waals surface area contributed by atoms with Crippen molar-refractivity contribution in [1.82, 2.24) is 10.3 Å². The number of nitrogens with zero attached hydrogens (tertiary/aromatic N) is 2. The first-order chi connectivity index (χ1) is 12.5. The molecule has 2 aliphatic heterocycles. The van der Waals surface area contributed by atoms with Gasteiger partial charge < -0.3 is 19.8 Å². The van der Waals surface area contributed by atoms with Gasteiger partial charge in [0.15, 0.2) is 11.5 Å². The van der Waals surface area contributed by atoms with Gasteiger partial charge in [0.25, 0.3) is 0 Å². The number of piperidine rings is 1. The second kappa shape index (κ2) is 8.49. The Morgan fingerprint density at radius 1 is 1.35 bits per heavy atom. The zero-order valence-electron chi connectivity index (χ0n) is 16.2. The number of nitrogens with one attached hydrogen (secondary N) is 1. The van der Waals surface area contributed by atoms with Gasteiger partial charge in [0.2, 0.25) is 0 Å². The average Bonchev–Trinajstić information content (AvgIpc) is 3.01. The Morgan fingerprint density at radius 2 is 2.15 bits per heavy atom. The Hall–Kier alpha value is -1.46. The third kappa shape index (κ3) is 4.09. The molecule has 1 N–H and O–H groups in total. The van der Waals surface area contributed by atoms with Crippen LogP contribution >= 0.6 is 11.6 Å². The summed E-state index contributed by atoms with van der Waals surface area (Å²) in [4.78, 5) is 2.53. The summed E-state index contributed by atoms with van der Waals surface area (Å²) in [5.41, 5.74) is 5.73. The van der Waals surface area contributed by atoms with E-state index >= 15 is 0 Å². The van der Waals surface area contributed by atoms with Gasteiger partial charge in [0.1, 0.15) is 0 Å². The summed E-state index contributed by atoms with van der Waals surface area (Å²) in [6.45, 7) is 12.0. The molecule has 1 aromatic rings. The summed E-state index contributed by atoms with van der Waals surface area (Å²) >= 11 is 6.57. The first-order valence-electron chi connectivity index (χ1n) is 9.70. The average molecular weight is 380 g/mol. The highest BCUT2D eigenvalue weighted by molar-refractivity contribution is 6.32. The Kier molecular flexibility index (Phi) is 6.30. The molecule has 2 atom stereocenters. The van der Waals surface area contributed by atoms with Crippen LogP contribution in [0.2, 0.25) is 5.02 Å². The standard InChI is InChI=1S/C20H30ClN3O2/c1-5-8-24-9-7-17-15(12-24)19(23-22-17)14-10-16(21)20(26-13(3)4)18(11-14)25-6-2/h10-11,13,15,19,23H,5-9,12H2,1-4H3. The number of halogens is 1. The first kappa shape index (κ1) is 19.3. The van der Waals surface area contributed by atoms with Crippen LogP contribution in [0.1, 0.15) is 52.1 Å². The van der Waals surface area contributed by atoms with Crippen molar-refractivity contribution in [2.24, 2.45) is 11.0 Å². The Morgan fingerprint density at radius 3 is 2.85 bits per heavy atom. The van der Waals surface area contributed by atoms with Crippen molar-refractivity contribution in [3.8, 4) is 11.5 Å². The molecule has 1 aromatic carbocycles. The summed E-state index contributed by atoms with van der Waals surface area (Å²) in [5.74, 6) is 1.72. The molecule has 2 aliphatic rings. The van der Waals surface area contributed by atoms with Gasteiger partial charge in [-0.05, 0) is 51.4 Å². The third-order valence-corrected chi connectivity index (χ3v) is 5.18. The van der Waals surface area contributed by atoms with Crippen molar-refractivity contribution < 1.29 is 9.47 Å². The fraction of sp³-hybridized carbons (Fsp3) is 0.650. The second-order valence-electron chi connectivity index (χ2n) is 7.30. The Balaban J connectivity index is 1.86. The van der Waals surface area contributed by atoms with E-state index in [2.05, 4.69) is 28.4 Å². The van der Waals surface area contributed by atoms with Crippen molar-refractivity contribution in [2.45, 2.75) is 52.7 Å². The van der Waals surface area contributed by atoms with E-state index in [9.17, 15) is 0 Å². The molecule has 1 fully saturated rings. The monoisotopic (exact) mass is 379 g/mol. The van der Waals surface area contributed by atoms with Crippen molar-refractivity contribution in [1.29, 1.82) is 0 Å². The minimum Gasteiger partial charge on any atom is -0.490 e. The fourth-order valence-corrected chi connectivity index (χ4v) is 4.08. The minimum absolute atomic E-state index is 0.0399. The molecule has 0 radical (unpaired) electrons. The maximum Gasteiger partial charge on any atom is 0.180 e. The van der Waals surface area contributed by atoms with Crippen molar-refractivity contribution in [3.05, 3.63) is 22.7 Å². The lowest BCUT2D eigenvalue weighted by Gasteiger charge is -2.33. The van der Waals surface area contributed by atoms with E-state index in [-0.39, 0.29) is 12.1 Å². The number of rotatable bonds is 7. The van der Waals surface area contributed by atoms with Gasteiger partial charge in [-0.1, -0.05) is 18.5 Å².